The SMILES string of the molecule is Cc1cc(Br)cc(NC2(CN)CCC3(CCCC3)CC2)c1. The molecule has 116 valence electrons. The predicted molar refractivity (Wildman–Crippen MR) is 93.7 cm³/mol. The van der Waals surface area contributed by atoms with Gasteiger partial charge in [0.05, 0.1) is 0 Å². The third kappa shape index (κ3) is 3.29. The second kappa shape index (κ2) is 5.92. The molecule has 0 aromatic heterocycles. The van der Waals surface area contributed by atoms with Crippen LogP contribution in [0.25, 0.3) is 0 Å². The molecule has 3 rings (SSSR count). The molecule has 2 aliphatic rings. The minimum atomic E-state index is 0.0983. The Morgan fingerprint density at radius 2 is 1.71 bits per heavy atom. The molecule has 3 N–H and O–H groups in total. The predicted octanol–water partition coefficient (Wildman–Crippen LogP) is 5.00. The highest BCUT2D eigenvalue weighted by molar-refractivity contribution is 9.10. The van der Waals surface area contributed by atoms with Gasteiger partial charge in [-0.1, -0.05) is 28.8 Å². The van der Waals surface area contributed by atoms with Gasteiger partial charge >= 0.3 is 0 Å². The van der Waals surface area contributed by atoms with Crippen LogP contribution in [0.5, 0.6) is 0 Å². The van der Waals surface area contributed by atoms with Crippen molar-refractivity contribution in [1.29, 1.82) is 0 Å². The fourth-order valence-electron chi connectivity index (χ4n) is 4.38. The third-order valence-corrected chi connectivity index (χ3v) is 6.23. The van der Waals surface area contributed by atoms with Crippen LogP contribution < -0.4 is 11.1 Å². The van der Waals surface area contributed by atoms with E-state index in [0.29, 0.717) is 5.41 Å². The molecule has 0 bridgehead atoms. The molecule has 21 heavy (non-hydrogen) atoms. The van der Waals surface area contributed by atoms with Crippen molar-refractivity contribution in [3.05, 3.63) is 28.2 Å². The van der Waals surface area contributed by atoms with Gasteiger partial charge in [-0.25, -0.2) is 0 Å². The molecule has 3 heteroatoms. The van der Waals surface area contributed by atoms with Gasteiger partial charge in [-0.2, -0.15) is 0 Å². The van der Waals surface area contributed by atoms with Gasteiger partial charge in [0.2, 0.25) is 0 Å². The van der Waals surface area contributed by atoms with Gasteiger partial charge in [0.1, 0.15) is 0 Å². The standard InChI is InChI=1S/C18H27BrN2/c1-14-10-15(19)12-16(11-14)21-18(13-20)8-6-17(7-9-18)4-2-3-5-17/h10-12,21H,2-9,13,20H2,1H3. The molecule has 0 amide bonds. The first-order chi connectivity index (χ1) is 10.0. The summed E-state index contributed by atoms with van der Waals surface area (Å²) in [5, 5.41) is 3.78. The molecule has 0 unspecified atom stereocenters. The van der Waals surface area contributed by atoms with E-state index in [9.17, 15) is 0 Å². The first-order valence-electron chi connectivity index (χ1n) is 8.30. The summed E-state index contributed by atoms with van der Waals surface area (Å²) in [7, 11) is 0. The Morgan fingerprint density at radius 3 is 2.29 bits per heavy atom. The van der Waals surface area contributed by atoms with Crippen LogP contribution in [0.3, 0.4) is 0 Å². The van der Waals surface area contributed by atoms with Crippen LogP contribution in [0.1, 0.15) is 56.9 Å². The van der Waals surface area contributed by atoms with Crippen molar-refractivity contribution in [2.45, 2.75) is 63.8 Å². The summed E-state index contributed by atoms with van der Waals surface area (Å²) in [5.74, 6) is 0. The number of halogens is 1. The molecule has 1 aromatic rings. The zero-order chi connectivity index (χ0) is 14.9. The number of anilines is 1. The largest absolute Gasteiger partial charge is 0.378 e. The quantitative estimate of drug-likeness (QED) is 0.804. The summed E-state index contributed by atoms with van der Waals surface area (Å²) in [6.45, 7) is 2.87. The van der Waals surface area contributed by atoms with Gasteiger partial charge in [-0.05, 0) is 74.6 Å². The first kappa shape index (κ1) is 15.4. The van der Waals surface area contributed by atoms with Crippen LogP contribution in [-0.2, 0) is 0 Å². The van der Waals surface area contributed by atoms with Crippen LogP contribution >= 0.6 is 15.9 Å². The number of nitrogens with two attached hydrogens (primary N) is 1. The molecule has 2 fully saturated rings. The topological polar surface area (TPSA) is 38.0 Å². The van der Waals surface area contributed by atoms with E-state index in [2.05, 4.69) is 46.4 Å². The Kier molecular flexibility index (Phi) is 4.33. The highest BCUT2D eigenvalue weighted by Gasteiger charge is 2.43. The Balaban J connectivity index is 1.73. The van der Waals surface area contributed by atoms with Crippen molar-refractivity contribution in [3.63, 3.8) is 0 Å². The van der Waals surface area contributed by atoms with Crippen LogP contribution in [-0.4, -0.2) is 12.1 Å². The Morgan fingerprint density at radius 1 is 1.05 bits per heavy atom. The van der Waals surface area contributed by atoms with Gasteiger partial charge < -0.3 is 11.1 Å². The average molecular weight is 351 g/mol. The summed E-state index contributed by atoms with van der Waals surface area (Å²) in [4.78, 5) is 0. The van der Waals surface area contributed by atoms with E-state index >= 15 is 0 Å². The number of hydrogen-bond donors (Lipinski definition) is 2. The van der Waals surface area contributed by atoms with Crippen LogP contribution in [0.2, 0.25) is 0 Å². The second-order valence-corrected chi connectivity index (χ2v) is 8.25. The van der Waals surface area contributed by atoms with Crippen LogP contribution in [0.15, 0.2) is 22.7 Å². The Bertz CT molecular complexity index is 476. The fourth-order valence-corrected chi connectivity index (χ4v) is 4.99. The molecular formula is C18H27BrN2. The summed E-state index contributed by atoms with van der Waals surface area (Å²) in [5.41, 5.74) is 9.42. The highest BCUT2D eigenvalue weighted by atomic mass is 79.9. The molecule has 1 spiro atoms. The minimum Gasteiger partial charge on any atom is -0.378 e. The summed E-state index contributed by atoms with van der Waals surface area (Å²) in [6.07, 6.45) is 10.9. The molecule has 2 nitrogen and oxygen atoms in total. The lowest BCUT2D eigenvalue weighted by molar-refractivity contribution is 0.148. The zero-order valence-corrected chi connectivity index (χ0v) is 14.6. The average Bonchev–Trinajstić information content (AvgIpc) is 2.90. The van der Waals surface area contributed by atoms with Gasteiger partial charge in [0.15, 0.2) is 0 Å². The number of rotatable bonds is 3. The van der Waals surface area contributed by atoms with Gasteiger partial charge in [0, 0.05) is 22.2 Å². The maximum atomic E-state index is 6.18. The van der Waals surface area contributed by atoms with Gasteiger partial charge in [-0.3, -0.25) is 0 Å². The van der Waals surface area contributed by atoms with Crippen LogP contribution in [0.4, 0.5) is 5.69 Å². The number of benzene rings is 1. The minimum absolute atomic E-state index is 0.0983. The third-order valence-electron chi connectivity index (χ3n) is 5.77. The van der Waals surface area contributed by atoms with Crippen molar-refractivity contribution in [3.8, 4) is 0 Å². The molecule has 0 aliphatic heterocycles. The summed E-state index contributed by atoms with van der Waals surface area (Å²) in [6, 6.07) is 6.54. The monoisotopic (exact) mass is 350 g/mol. The van der Waals surface area contributed by atoms with Crippen molar-refractivity contribution < 1.29 is 0 Å². The zero-order valence-electron chi connectivity index (χ0n) is 13.1. The normalized spacial score (nSPS) is 23.4. The van der Waals surface area contributed by atoms with E-state index in [1.54, 1.807) is 0 Å². The maximum Gasteiger partial charge on any atom is 0.0496 e. The molecular weight excluding hydrogens is 324 g/mol. The molecule has 2 aliphatic carbocycles. The van der Waals surface area contributed by atoms with E-state index in [1.807, 2.05) is 0 Å². The summed E-state index contributed by atoms with van der Waals surface area (Å²) >= 11 is 3.59. The van der Waals surface area contributed by atoms with E-state index in [0.717, 1.165) is 11.0 Å². The Labute approximate surface area is 137 Å². The van der Waals surface area contributed by atoms with Gasteiger partial charge in [-0.15, -0.1) is 0 Å². The highest BCUT2D eigenvalue weighted by Crippen LogP contribution is 2.51. The number of hydrogen-bond acceptors (Lipinski definition) is 2. The molecule has 0 heterocycles. The van der Waals surface area contributed by atoms with Crippen molar-refractivity contribution >= 4 is 21.6 Å². The molecule has 1 aromatic carbocycles. The molecule has 0 atom stereocenters. The molecule has 0 saturated heterocycles. The lowest BCUT2D eigenvalue weighted by Gasteiger charge is -2.45. The summed E-state index contributed by atoms with van der Waals surface area (Å²) < 4.78 is 1.14. The second-order valence-electron chi connectivity index (χ2n) is 7.33. The molecule has 0 radical (unpaired) electrons. The van der Waals surface area contributed by atoms with E-state index in [-0.39, 0.29) is 5.54 Å². The molecule has 2 saturated carbocycles. The fraction of sp³-hybridized carbons (Fsp3) is 0.667. The first-order valence-corrected chi connectivity index (χ1v) is 9.10. The van der Waals surface area contributed by atoms with Crippen molar-refractivity contribution in [2.24, 2.45) is 11.1 Å². The van der Waals surface area contributed by atoms with Crippen LogP contribution in [0, 0.1) is 12.3 Å². The van der Waals surface area contributed by atoms with E-state index < -0.39 is 0 Å². The van der Waals surface area contributed by atoms with Crippen molar-refractivity contribution in [1.82, 2.24) is 0 Å². The van der Waals surface area contributed by atoms with Crippen molar-refractivity contribution in [2.75, 3.05) is 11.9 Å². The lowest BCUT2D eigenvalue weighted by Crippen LogP contribution is -2.50. The lowest BCUT2D eigenvalue weighted by atomic mass is 9.66. The van der Waals surface area contributed by atoms with E-state index in [1.165, 1.54) is 62.6 Å². The number of aryl methyl sites for hydroxylation is 1. The Hall–Kier alpha value is -0.540. The van der Waals surface area contributed by atoms with Gasteiger partial charge in [0.25, 0.3) is 0 Å². The maximum absolute atomic E-state index is 6.18. The van der Waals surface area contributed by atoms with E-state index in [4.69, 9.17) is 5.73 Å². The smallest absolute Gasteiger partial charge is 0.0496 e. The number of nitrogens with one attached hydrogen (secondary N) is 1.